The van der Waals surface area contributed by atoms with Crippen molar-refractivity contribution < 1.29 is 9.59 Å². The van der Waals surface area contributed by atoms with Crippen LogP contribution in [0.5, 0.6) is 0 Å². The van der Waals surface area contributed by atoms with Crippen molar-refractivity contribution in [3.8, 4) is 6.07 Å². The molecule has 2 heterocycles. The molecule has 2 fully saturated rings. The summed E-state index contributed by atoms with van der Waals surface area (Å²) in [5.74, 6) is -0.510. The molecule has 0 aliphatic carbocycles. The number of nitrogens with zero attached hydrogens (tertiary/aromatic N) is 2. The van der Waals surface area contributed by atoms with Gasteiger partial charge in [-0.15, -0.1) is 0 Å². The minimum atomic E-state index is -0.257. The van der Waals surface area contributed by atoms with Gasteiger partial charge in [0.25, 0.3) is 11.8 Å². The molecule has 134 valence electrons. The Morgan fingerprint density at radius 2 is 2.12 bits per heavy atom. The number of likely N-dealkylation sites (tertiary alicyclic amines) is 1. The fraction of sp³-hybridized carbons (Fsp3) is 0.333. The summed E-state index contributed by atoms with van der Waals surface area (Å²) in [5.41, 5.74) is 1.84. The Balaban J connectivity index is 1.93. The van der Waals surface area contributed by atoms with E-state index in [1.807, 2.05) is 13.0 Å². The van der Waals surface area contributed by atoms with Crippen molar-refractivity contribution in [1.82, 2.24) is 15.5 Å². The lowest BCUT2D eigenvalue weighted by Gasteiger charge is -2.37. The molecule has 2 amide bonds. The summed E-state index contributed by atoms with van der Waals surface area (Å²) in [5, 5.41) is 23.4. The summed E-state index contributed by atoms with van der Waals surface area (Å²) < 4.78 is 0. The van der Waals surface area contributed by atoms with Crippen molar-refractivity contribution in [2.75, 3.05) is 19.6 Å². The lowest BCUT2D eigenvalue weighted by molar-refractivity contribution is -0.118. The van der Waals surface area contributed by atoms with Crippen molar-refractivity contribution in [1.29, 1.82) is 10.7 Å². The summed E-state index contributed by atoms with van der Waals surface area (Å²) in [6, 6.07) is 6.36. The number of hydrogen-bond donors (Lipinski definition) is 3. The third kappa shape index (κ3) is 3.28. The molecule has 0 saturated carbocycles. The van der Waals surface area contributed by atoms with Crippen molar-refractivity contribution in [3.63, 3.8) is 0 Å². The van der Waals surface area contributed by atoms with Gasteiger partial charge in [0, 0.05) is 42.4 Å². The Kier molecular flexibility index (Phi) is 4.96. The molecule has 3 N–H and O–H groups in total. The van der Waals surface area contributed by atoms with Crippen LogP contribution in [0.3, 0.4) is 0 Å². The average Bonchev–Trinajstić information content (AvgIpc) is 2.62. The van der Waals surface area contributed by atoms with E-state index in [4.69, 9.17) is 22.3 Å². The summed E-state index contributed by atoms with van der Waals surface area (Å²) >= 11 is 5.94. The highest BCUT2D eigenvalue weighted by atomic mass is 35.5. The molecule has 2 aliphatic rings. The Bertz CT molecular complexity index is 871. The predicted molar refractivity (Wildman–Crippen MR) is 97.0 cm³/mol. The van der Waals surface area contributed by atoms with Crippen LogP contribution >= 0.6 is 11.6 Å². The zero-order valence-corrected chi connectivity index (χ0v) is 15.0. The lowest BCUT2D eigenvalue weighted by Crippen LogP contribution is -2.50. The van der Waals surface area contributed by atoms with E-state index in [1.54, 1.807) is 11.0 Å². The van der Waals surface area contributed by atoms with Crippen molar-refractivity contribution in [3.05, 3.63) is 45.6 Å². The van der Waals surface area contributed by atoms with Crippen LogP contribution in [0.2, 0.25) is 5.02 Å². The highest BCUT2D eigenvalue weighted by Gasteiger charge is 2.33. The Hall–Kier alpha value is -2.85. The van der Waals surface area contributed by atoms with E-state index >= 15 is 0 Å². The van der Waals surface area contributed by atoms with Crippen molar-refractivity contribution >= 4 is 29.1 Å². The van der Waals surface area contributed by atoms with E-state index in [0.29, 0.717) is 47.1 Å². The van der Waals surface area contributed by atoms with E-state index in [2.05, 4.69) is 10.6 Å². The van der Waals surface area contributed by atoms with Gasteiger partial charge >= 0.3 is 0 Å². The minimum absolute atomic E-state index is 0.166. The molecule has 1 aromatic rings. The fourth-order valence-corrected chi connectivity index (χ4v) is 3.30. The normalized spacial score (nSPS) is 23.1. The molecular formula is C18H18ClN5O2. The van der Waals surface area contributed by atoms with E-state index in [1.165, 1.54) is 12.1 Å². The van der Waals surface area contributed by atoms with Crippen molar-refractivity contribution in [2.45, 2.75) is 19.4 Å². The van der Waals surface area contributed by atoms with Gasteiger partial charge in [0.1, 0.15) is 11.8 Å². The van der Waals surface area contributed by atoms with Gasteiger partial charge in [-0.2, -0.15) is 5.26 Å². The first-order valence-electron chi connectivity index (χ1n) is 8.26. The zero-order chi connectivity index (χ0) is 18.8. The quantitative estimate of drug-likeness (QED) is 0.649. The highest BCUT2D eigenvalue weighted by molar-refractivity contribution is 6.31. The predicted octanol–water partition coefficient (Wildman–Crippen LogP) is 1.44. The van der Waals surface area contributed by atoms with Crippen molar-refractivity contribution in [2.24, 2.45) is 0 Å². The fourth-order valence-electron chi connectivity index (χ4n) is 3.14. The summed E-state index contributed by atoms with van der Waals surface area (Å²) in [4.78, 5) is 26.7. The van der Waals surface area contributed by atoms with Gasteiger partial charge in [-0.05, 0) is 25.1 Å². The lowest BCUT2D eigenvalue weighted by atomic mass is 9.93. The molecule has 26 heavy (non-hydrogen) atoms. The van der Waals surface area contributed by atoms with E-state index in [0.717, 1.165) is 0 Å². The van der Waals surface area contributed by atoms with Gasteiger partial charge in [0.15, 0.2) is 0 Å². The van der Waals surface area contributed by atoms with Gasteiger partial charge in [0.05, 0.1) is 17.1 Å². The van der Waals surface area contributed by atoms with Crippen LogP contribution in [0.15, 0.2) is 29.5 Å². The van der Waals surface area contributed by atoms with Gasteiger partial charge in [-0.1, -0.05) is 11.6 Å². The number of piperazine rings is 1. The average molecular weight is 372 g/mol. The molecule has 3 rings (SSSR count). The zero-order valence-electron chi connectivity index (χ0n) is 14.2. The number of piperidine rings is 1. The van der Waals surface area contributed by atoms with E-state index < -0.39 is 0 Å². The number of hydrogen-bond acceptors (Lipinski definition) is 5. The number of amides is 2. The first-order chi connectivity index (χ1) is 12.4. The van der Waals surface area contributed by atoms with Crippen LogP contribution in [-0.4, -0.2) is 48.1 Å². The molecule has 2 saturated heterocycles. The van der Waals surface area contributed by atoms with Gasteiger partial charge < -0.3 is 20.9 Å². The number of carbonyl (C=O) groups is 2. The molecule has 8 heteroatoms. The monoisotopic (exact) mass is 371 g/mol. The minimum Gasteiger partial charge on any atom is -0.378 e. The Morgan fingerprint density at radius 1 is 1.38 bits per heavy atom. The molecule has 7 nitrogen and oxygen atoms in total. The number of benzene rings is 1. The Labute approximate surface area is 156 Å². The van der Waals surface area contributed by atoms with Crippen LogP contribution < -0.4 is 10.6 Å². The third-order valence-electron chi connectivity index (χ3n) is 4.56. The number of nitrogens with one attached hydrogen (secondary N) is 3. The largest absolute Gasteiger partial charge is 0.378 e. The second-order valence-electron chi connectivity index (χ2n) is 6.31. The number of carbonyl (C=O) groups excluding carboxylic acids is 2. The van der Waals surface area contributed by atoms with Gasteiger partial charge in [-0.25, -0.2) is 0 Å². The van der Waals surface area contributed by atoms with E-state index in [9.17, 15) is 9.59 Å². The van der Waals surface area contributed by atoms with Crippen LogP contribution in [0, 0.1) is 16.7 Å². The van der Waals surface area contributed by atoms with Crippen LogP contribution in [0.4, 0.5) is 0 Å². The van der Waals surface area contributed by atoms with Gasteiger partial charge in [0.2, 0.25) is 0 Å². The van der Waals surface area contributed by atoms with Crippen LogP contribution in [0.1, 0.15) is 29.3 Å². The Morgan fingerprint density at radius 3 is 2.81 bits per heavy atom. The smallest absolute Gasteiger partial charge is 0.267 e. The summed E-state index contributed by atoms with van der Waals surface area (Å²) in [6.45, 7) is 3.15. The third-order valence-corrected chi connectivity index (χ3v) is 4.89. The maximum absolute atomic E-state index is 13.0. The molecule has 0 spiro atoms. The first kappa shape index (κ1) is 18.0. The van der Waals surface area contributed by atoms with E-state index in [-0.39, 0.29) is 30.0 Å². The topological polar surface area (TPSA) is 109 Å². The summed E-state index contributed by atoms with van der Waals surface area (Å²) in [6.07, 6.45) is 0.359. The molecule has 1 atom stereocenters. The standard InChI is InChI=1S/C18H18ClN5O2/c1-10-6-15(21)13(16-17(25)23-5-4-22-16)9-24(10)18(26)11-2-3-14(19)12(7-11)8-20/h2-3,7,10,21-22H,4-6,9H2,1H3,(H,23,25)/b16-13-,21-15?/t10-/m1/s1. The molecule has 2 aliphatic heterocycles. The molecule has 1 aromatic carbocycles. The number of nitriles is 1. The maximum Gasteiger partial charge on any atom is 0.267 e. The maximum atomic E-state index is 13.0. The SMILES string of the molecule is C[C@@H]1CC(=N)/C(=C2\NCCNC2=O)CN1C(=O)c1ccc(Cl)c(C#N)c1. The van der Waals surface area contributed by atoms with Crippen LogP contribution in [-0.2, 0) is 4.79 Å². The summed E-state index contributed by atoms with van der Waals surface area (Å²) in [7, 11) is 0. The molecule has 0 unspecified atom stereocenters. The molecule has 0 aromatic heterocycles. The molecule has 0 bridgehead atoms. The number of halogens is 1. The first-order valence-corrected chi connectivity index (χ1v) is 8.63. The highest BCUT2D eigenvalue weighted by Crippen LogP contribution is 2.25. The molecule has 0 radical (unpaired) electrons. The molecular weight excluding hydrogens is 354 g/mol. The van der Waals surface area contributed by atoms with Gasteiger partial charge in [-0.3, -0.25) is 9.59 Å². The number of rotatable bonds is 1. The second-order valence-corrected chi connectivity index (χ2v) is 6.71. The van der Waals surface area contributed by atoms with Crippen LogP contribution in [0.25, 0.3) is 0 Å². The second kappa shape index (κ2) is 7.18.